The van der Waals surface area contributed by atoms with E-state index in [9.17, 15) is 0 Å². The van der Waals surface area contributed by atoms with Crippen molar-refractivity contribution >= 4 is 10.8 Å². The summed E-state index contributed by atoms with van der Waals surface area (Å²) >= 11 is 0. The first-order valence-corrected chi connectivity index (χ1v) is 15.5. The van der Waals surface area contributed by atoms with E-state index in [1.165, 1.54) is 103 Å². The number of benzene rings is 4. The highest BCUT2D eigenvalue weighted by atomic mass is 14.3. The van der Waals surface area contributed by atoms with Crippen molar-refractivity contribution in [3.63, 3.8) is 0 Å². The molecule has 0 amide bonds. The molecule has 1 aliphatic rings. The van der Waals surface area contributed by atoms with Crippen molar-refractivity contribution in [3.05, 3.63) is 104 Å². The van der Waals surface area contributed by atoms with E-state index in [2.05, 4.69) is 119 Å². The molecule has 1 fully saturated rings. The summed E-state index contributed by atoms with van der Waals surface area (Å²) in [6.07, 6.45) is 5.42. The number of rotatable bonds is 4. The van der Waals surface area contributed by atoms with Gasteiger partial charge in [-0.25, -0.2) is 0 Å². The molecular weight excluding hydrogens is 480 g/mol. The van der Waals surface area contributed by atoms with E-state index in [4.69, 9.17) is 0 Å². The van der Waals surface area contributed by atoms with Gasteiger partial charge in [-0.05, 0) is 163 Å². The predicted octanol–water partition coefficient (Wildman–Crippen LogP) is 11.6. The van der Waals surface area contributed by atoms with E-state index in [1.807, 2.05) is 0 Å². The quantitative estimate of drug-likeness (QED) is 0.246. The van der Waals surface area contributed by atoms with Gasteiger partial charge in [0.1, 0.15) is 0 Å². The van der Waals surface area contributed by atoms with Crippen LogP contribution in [0, 0.1) is 61.3 Å². The van der Waals surface area contributed by atoms with Crippen molar-refractivity contribution in [1.82, 2.24) is 0 Å². The van der Waals surface area contributed by atoms with Gasteiger partial charge in [-0.2, -0.15) is 0 Å². The van der Waals surface area contributed by atoms with Crippen LogP contribution >= 0.6 is 0 Å². The third-order valence-electron chi connectivity index (χ3n) is 10.5. The van der Waals surface area contributed by atoms with E-state index in [1.54, 1.807) is 5.56 Å². The molecule has 0 saturated heterocycles. The van der Waals surface area contributed by atoms with Crippen LogP contribution in [0.15, 0.2) is 42.5 Å². The van der Waals surface area contributed by atoms with Crippen molar-refractivity contribution in [2.45, 2.75) is 113 Å². The molecule has 0 nitrogen and oxygen atoms in total. The molecule has 0 spiro atoms. The summed E-state index contributed by atoms with van der Waals surface area (Å²) in [5.74, 6) is 1.62. The maximum atomic E-state index is 2.50. The lowest BCUT2D eigenvalue weighted by Crippen LogP contribution is -2.22. The molecule has 4 aromatic rings. The minimum Gasteiger partial charge on any atom is -0.0625 e. The Hall–Kier alpha value is -2.86. The van der Waals surface area contributed by atoms with Gasteiger partial charge >= 0.3 is 0 Å². The second-order valence-electron chi connectivity index (χ2n) is 13.9. The van der Waals surface area contributed by atoms with Gasteiger partial charge in [0.2, 0.25) is 0 Å². The lowest BCUT2D eigenvalue weighted by atomic mass is 9.72. The molecule has 0 aliphatic heterocycles. The van der Waals surface area contributed by atoms with Crippen molar-refractivity contribution in [3.8, 4) is 11.1 Å². The molecule has 4 aromatic carbocycles. The molecule has 0 atom stereocenters. The number of hydrogen-bond acceptors (Lipinski definition) is 0. The Balaban J connectivity index is 1.55. The van der Waals surface area contributed by atoms with Crippen molar-refractivity contribution in [1.29, 1.82) is 0 Å². The first-order chi connectivity index (χ1) is 18.8. The Morgan fingerprint density at radius 1 is 0.575 bits per heavy atom. The average Bonchev–Trinajstić information content (AvgIpc) is 2.86. The standard InChI is InChI=1S/C40H50/c1-23-12-14-32(15-13-23)33-17-25(3)37(26(4)18-33)34-19-28(6)39(29(7)20-34)40(10,11)36-21-27(5)38-31(9)30(8)24(2)16-35(38)22-36/h16-23,32H,12-15H2,1-11H3. The van der Waals surface area contributed by atoms with Gasteiger partial charge in [0, 0.05) is 5.41 Å². The SMILES string of the molecule is Cc1cc2cc(C(C)(C)c3c(C)cc(-c4c(C)cc(C5CCC(C)CC5)cc4C)cc3C)cc(C)c2c(C)c1C. The van der Waals surface area contributed by atoms with Gasteiger partial charge in [-0.1, -0.05) is 76.1 Å². The van der Waals surface area contributed by atoms with Crippen molar-refractivity contribution < 1.29 is 0 Å². The summed E-state index contributed by atoms with van der Waals surface area (Å²) in [6.45, 7) is 25.6. The van der Waals surface area contributed by atoms with E-state index in [0.29, 0.717) is 0 Å². The maximum Gasteiger partial charge on any atom is 0.0152 e. The molecule has 0 bridgehead atoms. The second-order valence-corrected chi connectivity index (χ2v) is 13.9. The average molecular weight is 531 g/mol. The molecule has 0 radical (unpaired) electrons. The van der Waals surface area contributed by atoms with Crippen LogP contribution < -0.4 is 0 Å². The summed E-state index contributed by atoms with van der Waals surface area (Å²) in [5.41, 5.74) is 18.3. The molecule has 0 unspecified atom stereocenters. The van der Waals surface area contributed by atoms with Gasteiger partial charge in [-0.3, -0.25) is 0 Å². The highest BCUT2D eigenvalue weighted by Gasteiger charge is 2.29. The highest BCUT2D eigenvalue weighted by Crippen LogP contribution is 2.42. The fourth-order valence-electron chi connectivity index (χ4n) is 8.15. The summed E-state index contributed by atoms with van der Waals surface area (Å²) in [4.78, 5) is 0. The Kier molecular flexibility index (Phi) is 7.54. The molecule has 5 rings (SSSR count). The fourth-order valence-corrected chi connectivity index (χ4v) is 8.15. The maximum absolute atomic E-state index is 2.50. The van der Waals surface area contributed by atoms with Crippen LogP contribution in [-0.4, -0.2) is 0 Å². The van der Waals surface area contributed by atoms with E-state index in [-0.39, 0.29) is 5.41 Å². The van der Waals surface area contributed by atoms with E-state index in [0.717, 1.165) is 11.8 Å². The predicted molar refractivity (Wildman–Crippen MR) is 176 cm³/mol. The Morgan fingerprint density at radius 2 is 1.15 bits per heavy atom. The summed E-state index contributed by atoms with van der Waals surface area (Å²) in [6, 6.07) is 17.2. The van der Waals surface area contributed by atoms with Gasteiger partial charge < -0.3 is 0 Å². The van der Waals surface area contributed by atoms with Crippen molar-refractivity contribution in [2.75, 3.05) is 0 Å². The first kappa shape index (κ1) is 28.7. The molecule has 1 aliphatic carbocycles. The lowest BCUT2D eigenvalue weighted by Gasteiger charge is -2.32. The Morgan fingerprint density at radius 3 is 1.73 bits per heavy atom. The highest BCUT2D eigenvalue weighted by molar-refractivity contribution is 5.91. The van der Waals surface area contributed by atoms with E-state index >= 15 is 0 Å². The third kappa shape index (κ3) is 4.93. The largest absolute Gasteiger partial charge is 0.0625 e. The minimum atomic E-state index is -0.0928. The zero-order valence-corrected chi connectivity index (χ0v) is 27.0. The van der Waals surface area contributed by atoms with Crippen LogP contribution in [0.25, 0.3) is 21.9 Å². The number of fused-ring (bicyclic) bond motifs is 1. The van der Waals surface area contributed by atoms with E-state index < -0.39 is 0 Å². The van der Waals surface area contributed by atoms with Crippen LogP contribution in [0.3, 0.4) is 0 Å². The van der Waals surface area contributed by atoms with Crippen LogP contribution in [0.1, 0.15) is 114 Å². The molecule has 0 heteroatoms. The number of aryl methyl sites for hydroxylation is 7. The zero-order valence-electron chi connectivity index (χ0n) is 27.0. The monoisotopic (exact) mass is 530 g/mol. The second kappa shape index (κ2) is 10.5. The first-order valence-electron chi connectivity index (χ1n) is 15.5. The molecule has 210 valence electrons. The Labute approximate surface area is 244 Å². The van der Waals surface area contributed by atoms with Gasteiger partial charge in [0.15, 0.2) is 0 Å². The summed E-state index contributed by atoms with van der Waals surface area (Å²) < 4.78 is 0. The molecule has 0 N–H and O–H groups in total. The minimum absolute atomic E-state index is 0.0928. The molecule has 0 aromatic heterocycles. The normalized spacial score (nSPS) is 18.0. The topological polar surface area (TPSA) is 0 Å². The van der Waals surface area contributed by atoms with Crippen LogP contribution in [0.5, 0.6) is 0 Å². The number of hydrogen-bond donors (Lipinski definition) is 0. The third-order valence-corrected chi connectivity index (χ3v) is 10.5. The van der Waals surface area contributed by atoms with Crippen LogP contribution in [0.2, 0.25) is 0 Å². The fraction of sp³-hybridized carbons (Fsp3) is 0.450. The van der Waals surface area contributed by atoms with Crippen LogP contribution in [-0.2, 0) is 5.41 Å². The summed E-state index contributed by atoms with van der Waals surface area (Å²) in [5, 5.41) is 2.79. The van der Waals surface area contributed by atoms with Gasteiger partial charge in [0.05, 0.1) is 0 Å². The van der Waals surface area contributed by atoms with Crippen LogP contribution in [0.4, 0.5) is 0 Å². The smallest absolute Gasteiger partial charge is 0.0152 e. The lowest BCUT2D eigenvalue weighted by molar-refractivity contribution is 0.348. The molecule has 40 heavy (non-hydrogen) atoms. The zero-order chi connectivity index (χ0) is 29.1. The van der Waals surface area contributed by atoms with Gasteiger partial charge in [-0.15, -0.1) is 0 Å². The molecular formula is C40H50. The Bertz CT molecular complexity index is 1560. The van der Waals surface area contributed by atoms with Gasteiger partial charge in [0.25, 0.3) is 0 Å². The summed E-state index contributed by atoms with van der Waals surface area (Å²) in [7, 11) is 0. The molecule has 1 saturated carbocycles. The molecule has 0 heterocycles. The van der Waals surface area contributed by atoms with Crippen molar-refractivity contribution in [2.24, 2.45) is 5.92 Å².